The van der Waals surface area contributed by atoms with Crippen LogP contribution in [0.4, 0.5) is 0 Å². The molecule has 1 aliphatic carbocycles. The van der Waals surface area contributed by atoms with E-state index in [2.05, 4.69) is 25.1 Å². The molecule has 0 spiro atoms. The first-order valence-corrected chi connectivity index (χ1v) is 8.86. The molecule has 0 aromatic heterocycles. The van der Waals surface area contributed by atoms with Crippen LogP contribution < -0.4 is 4.74 Å². The maximum absolute atomic E-state index is 9.63. The summed E-state index contributed by atoms with van der Waals surface area (Å²) in [6, 6.07) is 12.0. The number of fused-ring (bicyclic) bond motifs is 3. The Morgan fingerprint density at radius 2 is 1.57 bits per heavy atom. The lowest BCUT2D eigenvalue weighted by atomic mass is 10.1. The number of phenolic OH excluding ortho intramolecular Hbond substituents is 1. The molecule has 0 heterocycles. The van der Waals surface area contributed by atoms with E-state index in [1.165, 1.54) is 54.4 Å². The van der Waals surface area contributed by atoms with Gasteiger partial charge < -0.3 is 9.84 Å². The molecule has 3 rings (SSSR count). The average molecular weight is 310 g/mol. The van der Waals surface area contributed by atoms with Crippen LogP contribution in [0.3, 0.4) is 0 Å². The molecule has 122 valence electrons. The molecule has 23 heavy (non-hydrogen) atoms. The predicted molar refractivity (Wildman–Crippen MR) is 95.2 cm³/mol. The Hall–Kier alpha value is -1.96. The van der Waals surface area contributed by atoms with Gasteiger partial charge in [-0.1, -0.05) is 51.2 Å². The van der Waals surface area contributed by atoms with Crippen LogP contribution in [0.2, 0.25) is 0 Å². The third kappa shape index (κ3) is 3.87. The van der Waals surface area contributed by atoms with Crippen molar-refractivity contribution in [2.24, 2.45) is 0 Å². The highest BCUT2D eigenvalue weighted by Gasteiger charge is 2.19. The minimum atomic E-state index is 0.344. The third-order valence-electron chi connectivity index (χ3n) is 4.60. The van der Waals surface area contributed by atoms with Crippen LogP contribution in [-0.2, 0) is 6.42 Å². The van der Waals surface area contributed by atoms with Gasteiger partial charge in [0.2, 0.25) is 0 Å². The second-order valence-electron chi connectivity index (χ2n) is 6.45. The molecule has 2 aromatic rings. The fourth-order valence-electron chi connectivity index (χ4n) is 3.34. The maximum atomic E-state index is 9.63. The van der Waals surface area contributed by atoms with Crippen LogP contribution in [0, 0.1) is 0 Å². The monoisotopic (exact) mass is 310 g/mol. The molecule has 2 nitrogen and oxygen atoms in total. The van der Waals surface area contributed by atoms with E-state index in [0.29, 0.717) is 5.75 Å². The zero-order valence-electron chi connectivity index (χ0n) is 14.0. The van der Waals surface area contributed by atoms with Crippen molar-refractivity contribution < 1.29 is 9.84 Å². The van der Waals surface area contributed by atoms with E-state index in [4.69, 9.17) is 4.74 Å². The summed E-state index contributed by atoms with van der Waals surface area (Å²) in [6.45, 7) is 3.05. The largest absolute Gasteiger partial charge is 0.508 e. The summed E-state index contributed by atoms with van der Waals surface area (Å²) in [4.78, 5) is 0. The van der Waals surface area contributed by atoms with Crippen molar-refractivity contribution in [1.82, 2.24) is 0 Å². The molecule has 0 saturated heterocycles. The predicted octanol–water partition coefficient (Wildman–Crippen LogP) is 5.70. The van der Waals surface area contributed by atoms with Gasteiger partial charge in [-0.05, 0) is 59.4 Å². The summed E-state index contributed by atoms with van der Waals surface area (Å²) >= 11 is 0. The second-order valence-corrected chi connectivity index (χ2v) is 6.45. The zero-order valence-corrected chi connectivity index (χ0v) is 14.0. The molecule has 1 aliphatic rings. The third-order valence-corrected chi connectivity index (χ3v) is 4.60. The summed E-state index contributed by atoms with van der Waals surface area (Å²) < 4.78 is 5.91. The van der Waals surface area contributed by atoms with E-state index in [9.17, 15) is 5.11 Å². The summed E-state index contributed by atoms with van der Waals surface area (Å²) in [5, 5.41) is 9.63. The molecule has 0 radical (unpaired) electrons. The molecule has 2 heteroatoms. The van der Waals surface area contributed by atoms with E-state index >= 15 is 0 Å². The number of ether oxygens (including phenoxy) is 1. The van der Waals surface area contributed by atoms with E-state index in [0.717, 1.165) is 25.2 Å². The van der Waals surface area contributed by atoms with Gasteiger partial charge in [-0.2, -0.15) is 0 Å². The Morgan fingerprint density at radius 1 is 0.870 bits per heavy atom. The highest BCUT2D eigenvalue weighted by molar-refractivity contribution is 5.78. The Labute approximate surface area is 139 Å². The highest BCUT2D eigenvalue weighted by Crippen LogP contribution is 2.39. The van der Waals surface area contributed by atoms with Gasteiger partial charge in [0.15, 0.2) is 0 Å². The zero-order chi connectivity index (χ0) is 16.1. The van der Waals surface area contributed by atoms with Crippen molar-refractivity contribution in [3.8, 4) is 22.6 Å². The molecule has 0 bridgehead atoms. The van der Waals surface area contributed by atoms with Gasteiger partial charge in [0, 0.05) is 0 Å². The first-order chi connectivity index (χ1) is 11.3. The minimum absolute atomic E-state index is 0.344. The van der Waals surface area contributed by atoms with Crippen LogP contribution in [0.15, 0.2) is 36.4 Å². The first kappa shape index (κ1) is 15.9. The van der Waals surface area contributed by atoms with Crippen LogP contribution >= 0.6 is 0 Å². The summed E-state index contributed by atoms with van der Waals surface area (Å²) in [5.41, 5.74) is 5.01. The van der Waals surface area contributed by atoms with E-state index in [1.807, 2.05) is 12.1 Å². The van der Waals surface area contributed by atoms with E-state index in [1.54, 1.807) is 6.07 Å². The Bertz CT molecular complexity index is 661. The quantitative estimate of drug-likeness (QED) is 0.540. The number of rotatable bonds is 8. The van der Waals surface area contributed by atoms with Crippen molar-refractivity contribution >= 4 is 0 Å². The number of aromatic hydroxyl groups is 1. The van der Waals surface area contributed by atoms with Gasteiger partial charge in [0.05, 0.1) is 6.61 Å². The van der Waals surface area contributed by atoms with Crippen molar-refractivity contribution in [2.45, 2.75) is 51.9 Å². The summed E-state index contributed by atoms with van der Waals surface area (Å²) in [7, 11) is 0. The lowest BCUT2D eigenvalue weighted by Crippen LogP contribution is -1.97. The molecular weight excluding hydrogens is 284 g/mol. The number of unbranched alkanes of at least 4 members (excludes halogenated alkanes) is 5. The molecule has 0 unspecified atom stereocenters. The van der Waals surface area contributed by atoms with Crippen molar-refractivity contribution in [3.63, 3.8) is 0 Å². The SMILES string of the molecule is CCCCCCCCOc1ccc2c(c1)Cc1cc(O)ccc1-2. The molecule has 0 atom stereocenters. The number of hydrogen-bond donors (Lipinski definition) is 1. The summed E-state index contributed by atoms with van der Waals surface area (Å²) in [5.74, 6) is 1.31. The topological polar surface area (TPSA) is 29.5 Å². The van der Waals surface area contributed by atoms with Gasteiger partial charge in [-0.3, -0.25) is 0 Å². The van der Waals surface area contributed by atoms with Crippen LogP contribution in [0.5, 0.6) is 11.5 Å². The van der Waals surface area contributed by atoms with Crippen LogP contribution in [0.25, 0.3) is 11.1 Å². The molecule has 2 aromatic carbocycles. The molecule has 0 amide bonds. The lowest BCUT2D eigenvalue weighted by molar-refractivity contribution is 0.304. The normalized spacial score (nSPS) is 12.0. The molecular formula is C21H26O2. The highest BCUT2D eigenvalue weighted by atomic mass is 16.5. The van der Waals surface area contributed by atoms with Gasteiger partial charge in [0.25, 0.3) is 0 Å². The van der Waals surface area contributed by atoms with Gasteiger partial charge in [-0.25, -0.2) is 0 Å². The van der Waals surface area contributed by atoms with Crippen molar-refractivity contribution in [3.05, 3.63) is 47.5 Å². The maximum Gasteiger partial charge on any atom is 0.119 e. The van der Waals surface area contributed by atoms with E-state index < -0.39 is 0 Å². The van der Waals surface area contributed by atoms with Gasteiger partial charge in [-0.15, -0.1) is 0 Å². The molecule has 0 saturated carbocycles. The number of phenols is 1. The smallest absolute Gasteiger partial charge is 0.119 e. The number of benzene rings is 2. The Balaban J connectivity index is 1.53. The van der Waals surface area contributed by atoms with Crippen LogP contribution in [0.1, 0.15) is 56.6 Å². The van der Waals surface area contributed by atoms with Crippen molar-refractivity contribution in [2.75, 3.05) is 6.61 Å². The van der Waals surface area contributed by atoms with Crippen LogP contribution in [-0.4, -0.2) is 11.7 Å². The molecule has 0 fully saturated rings. The Morgan fingerprint density at radius 3 is 2.39 bits per heavy atom. The molecule has 1 N–H and O–H groups in total. The Kier molecular flexibility index (Phi) is 5.22. The minimum Gasteiger partial charge on any atom is -0.508 e. The average Bonchev–Trinajstić information content (AvgIpc) is 2.90. The summed E-state index contributed by atoms with van der Waals surface area (Å²) in [6.07, 6.45) is 8.59. The van der Waals surface area contributed by atoms with Gasteiger partial charge >= 0.3 is 0 Å². The van der Waals surface area contributed by atoms with Gasteiger partial charge in [0.1, 0.15) is 11.5 Å². The number of hydrogen-bond acceptors (Lipinski definition) is 2. The van der Waals surface area contributed by atoms with E-state index in [-0.39, 0.29) is 0 Å². The fourth-order valence-corrected chi connectivity index (χ4v) is 3.34. The second kappa shape index (κ2) is 7.54. The molecule has 0 aliphatic heterocycles. The standard InChI is InChI=1S/C21H26O2/c1-2-3-4-5-6-7-12-23-19-9-11-21-17(15-19)13-16-14-18(22)8-10-20(16)21/h8-11,14-15,22H,2-7,12-13H2,1H3. The fraction of sp³-hybridized carbons (Fsp3) is 0.429. The lowest BCUT2D eigenvalue weighted by Gasteiger charge is -2.08. The van der Waals surface area contributed by atoms with Crippen molar-refractivity contribution in [1.29, 1.82) is 0 Å². The first-order valence-electron chi connectivity index (χ1n) is 8.86.